The second kappa shape index (κ2) is 5.84. The number of aliphatic hydroxyl groups is 1. The predicted molar refractivity (Wildman–Crippen MR) is 82.2 cm³/mol. The first-order chi connectivity index (χ1) is 10.1. The lowest BCUT2D eigenvalue weighted by atomic mass is 9.80. The highest BCUT2D eigenvalue weighted by molar-refractivity contribution is 5.94. The number of carbonyl (C=O) groups excluding carboxylic acids is 1. The average Bonchev–Trinajstić information content (AvgIpc) is 3.06. The Bertz CT molecular complexity index is 503. The van der Waals surface area contributed by atoms with Gasteiger partial charge in [0.25, 0.3) is 5.91 Å². The van der Waals surface area contributed by atoms with Gasteiger partial charge in [0.2, 0.25) is 0 Å². The maximum absolute atomic E-state index is 12.9. The number of aromatic nitrogens is 1. The van der Waals surface area contributed by atoms with E-state index >= 15 is 0 Å². The number of carbonyl (C=O) groups is 1. The molecule has 1 saturated carbocycles. The molecule has 1 amide bonds. The molecule has 1 saturated heterocycles. The lowest BCUT2D eigenvalue weighted by Crippen LogP contribution is -2.45. The first-order valence-electron chi connectivity index (χ1n) is 8.20. The average molecular weight is 290 g/mol. The highest BCUT2D eigenvalue weighted by Gasteiger charge is 2.39. The van der Waals surface area contributed by atoms with Crippen LogP contribution in [0.25, 0.3) is 0 Å². The zero-order valence-corrected chi connectivity index (χ0v) is 13.1. The summed E-state index contributed by atoms with van der Waals surface area (Å²) in [5.41, 5.74) is 1.84. The van der Waals surface area contributed by atoms with Crippen LogP contribution in [0.15, 0.2) is 12.3 Å². The van der Waals surface area contributed by atoms with Crippen LogP contribution in [0.3, 0.4) is 0 Å². The van der Waals surface area contributed by atoms with E-state index in [4.69, 9.17) is 0 Å². The normalized spacial score (nSPS) is 29.9. The van der Waals surface area contributed by atoms with Gasteiger partial charge in [0.1, 0.15) is 5.69 Å². The molecule has 1 aliphatic heterocycles. The van der Waals surface area contributed by atoms with Gasteiger partial charge in [-0.25, -0.2) is 0 Å². The van der Waals surface area contributed by atoms with Crippen LogP contribution in [0, 0.1) is 12.8 Å². The minimum atomic E-state index is -0.230. The van der Waals surface area contributed by atoms with Crippen LogP contribution in [0.4, 0.5) is 0 Å². The van der Waals surface area contributed by atoms with Gasteiger partial charge in [-0.05, 0) is 44.2 Å². The highest BCUT2D eigenvalue weighted by atomic mass is 16.3. The number of aryl methyl sites for hydroxylation is 2. The van der Waals surface area contributed by atoms with Crippen LogP contribution in [0.5, 0.6) is 0 Å². The summed E-state index contributed by atoms with van der Waals surface area (Å²) in [5.74, 6) is 0.408. The van der Waals surface area contributed by atoms with E-state index in [9.17, 15) is 9.90 Å². The van der Waals surface area contributed by atoms with E-state index in [0.717, 1.165) is 49.9 Å². The predicted octanol–water partition coefficient (Wildman–Crippen LogP) is 2.49. The van der Waals surface area contributed by atoms with Crippen LogP contribution in [0.2, 0.25) is 0 Å². The summed E-state index contributed by atoms with van der Waals surface area (Å²) in [6.45, 7) is 2.82. The molecular formula is C17H26N2O2. The highest BCUT2D eigenvalue weighted by Crippen LogP contribution is 2.35. The number of rotatable bonds is 2. The van der Waals surface area contributed by atoms with Crippen LogP contribution < -0.4 is 0 Å². The van der Waals surface area contributed by atoms with Crippen LogP contribution in [0.1, 0.15) is 54.6 Å². The number of likely N-dealkylation sites (tertiary alicyclic amines) is 1. The van der Waals surface area contributed by atoms with Gasteiger partial charge in [-0.1, -0.05) is 12.8 Å². The molecule has 1 aliphatic carbocycles. The minimum absolute atomic E-state index is 0.139. The molecule has 2 aliphatic rings. The molecular weight excluding hydrogens is 264 g/mol. The molecule has 0 bridgehead atoms. The van der Waals surface area contributed by atoms with Gasteiger partial charge in [-0.3, -0.25) is 4.79 Å². The number of hydrogen-bond donors (Lipinski definition) is 1. The molecule has 4 nitrogen and oxygen atoms in total. The van der Waals surface area contributed by atoms with Crippen molar-refractivity contribution in [3.8, 4) is 0 Å². The smallest absolute Gasteiger partial charge is 0.271 e. The molecule has 1 N–H and O–H groups in total. The number of hydrogen-bond acceptors (Lipinski definition) is 2. The van der Waals surface area contributed by atoms with Crippen molar-refractivity contribution in [3.05, 3.63) is 23.5 Å². The summed E-state index contributed by atoms with van der Waals surface area (Å²) in [6, 6.07) is 2.22. The van der Waals surface area contributed by atoms with E-state index in [2.05, 4.69) is 0 Å². The maximum atomic E-state index is 12.9. The van der Waals surface area contributed by atoms with Crippen molar-refractivity contribution in [1.82, 2.24) is 9.47 Å². The third-order valence-electron chi connectivity index (χ3n) is 5.31. The fourth-order valence-corrected chi connectivity index (χ4v) is 4.19. The van der Waals surface area contributed by atoms with Gasteiger partial charge in [0.05, 0.1) is 6.10 Å². The largest absolute Gasteiger partial charge is 0.393 e. The molecule has 3 atom stereocenters. The molecule has 0 spiro atoms. The van der Waals surface area contributed by atoms with E-state index in [0.29, 0.717) is 0 Å². The third kappa shape index (κ3) is 2.61. The lowest BCUT2D eigenvalue weighted by Gasteiger charge is -2.37. The van der Waals surface area contributed by atoms with Crippen molar-refractivity contribution < 1.29 is 9.90 Å². The quantitative estimate of drug-likeness (QED) is 0.909. The van der Waals surface area contributed by atoms with E-state index < -0.39 is 0 Å². The van der Waals surface area contributed by atoms with Crippen molar-refractivity contribution in [3.63, 3.8) is 0 Å². The van der Waals surface area contributed by atoms with Gasteiger partial charge in [-0.15, -0.1) is 0 Å². The Kier molecular flexibility index (Phi) is 4.07. The second-order valence-electron chi connectivity index (χ2n) is 6.68. The summed E-state index contributed by atoms with van der Waals surface area (Å²) >= 11 is 0. The summed E-state index contributed by atoms with van der Waals surface area (Å²) in [4.78, 5) is 15.0. The van der Waals surface area contributed by atoms with Gasteiger partial charge >= 0.3 is 0 Å². The van der Waals surface area contributed by atoms with E-state index in [1.165, 1.54) is 6.42 Å². The van der Waals surface area contributed by atoms with Crippen molar-refractivity contribution in [2.24, 2.45) is 13.0 Å². The van der Waals surface area contributed by atoms with Crippen molar-refractivity contribution >= 4 is 5.91 Å². The SMILES string of the molecule is Cc1ccn(C)c1C(=O)N1CCC[C@@H]1[C@@H]1CCCC[C@H]1O. The second-order valence-corrected chi connectivity index (χ2v) is 6.68. The monoisotopic (exact) mass is 290 g/mol. The van der Waals surface area contributed by atoms with Gasteiger partial charge < -0.3 is 14.6 Å². The fraction of sp³-hybridized carbons (Fsp3) is 0.706. The van der Waals surface area contributed by atoms with Crippen molar-refractivity contribution in [2.45, 2.75) is 57.6 Å². The molecule has 0 unspecified atom stereocenters. The standard InChI is InChI=1S/C17H26N2O2/c1-12-9-11-18(2)16(12)17(21)19-10-5-7-14(19)13-6-3-4-8-15(13)20/h9,11,13-15,20H,3-8,10H2,1-2H3/t13-,14+,15+/m0/s1. The molecule has 4 heteroatoms. The Morgan fingerprint density at radius 3 is 2.67 bits per heavy atom. The van der Waals surface area contributed by atoms with Gasteiger partial charge in [-0.2, -0.15) is 0 Å². The molecule has 2 fully saturated rings. The minimum Gasteiger partial charge on any atom is -0.393 e. The third-order valence-corrected chi connectivity index (χ3v) is 5.31. The molecule has 1 aromatic rings. The molecule has 1 aromatic heterocycles. The van der Waals surface area contributed by atoms with Crippen LogP contribution >= 0.6 is 0 Å². The zero-order chi connectivity index (χ0) is 15.0. The van der Waals surface area contributed by atoms with Crippen molar-refractivity contribution in [1.29, 1.82) is 0 Å². The van der Waals surface area contributed by atoms with Crippen LogP contribution in [-0.4, -0.2) is 39.2 Å². The molecule has 0 radical (unpaired) electrons. The van der Waals surface area contributed by atoms with E-state index in [1.54, 1.807) is 0 Å². The summed E-state index contributed by atoms with van der Waals surface area (Å²) in [6.07, 6.45) is 8.07. The van der Waals surface area contributed by atoms with Gasteiger partial charge in [0, 0.05) is 31.7 Å². The molecule has 2 heterocycles. The Labute approximate surface area is 126 Å². The summed E-state index contributed by atoms with van der Waals surface area (Å²) in [5, 5.41) is 10.3. The Hall–Kier alpha value is -1.29. The fourth-order valence-electron chi connectivity index (χ4n) is 4.19. The molecule has 21 heavy (non-hydrogen) atoms. The van der Waals surface area contributed by atoms with E-state index in [-0.39, 0.29) is 24.0 Å². The molecule has 116 valence electrons. The Morgan fingerprint density at radius 2 is 2.00 bits per heavy atom. The molecule has 0 aromatic carbocycles. The zero-order valence-electron chi connectivity index (χ0n) is 13.1. The summed E-state index contributed by atoms with van der Waals surface area (Å²) < 4.78 is 1.92. The number of amides is 1. The Balaban J connectivity index is 1.82. The van der Waals surface area contributed by atoms with Crippen molar-refractivity contribution in [2.75, 3.05) is 6.54 Å². The first-order valence-corrected chi connectivity index (χ1v) is 8.20. The first kappa shape index (κ1) is 14.6. The maximum Gasteiger partial charge on any atom is 0.271 e. The number of nitrogens with zero attached hydrogens (tertiary/aromatic N) is 2. The van der Waals surface area contributed by atoms with Gasteiger partial charge in [0.15, 0.2) is 0 Å². The lowest BCUT2D eigenvalue weighted by molar-refractivity contribution is 0.0208. The number of aliphatic hydroxyl groups excluding tert-OH is 1. The summed E-state index contributed by atoms with van der Waals surface area (Å²) in [7, 11) is 1.93. The molecule has 3 rings (SSSR count). The Morgan fingerprint density at radius 1 is 1.24 bits per heavy atom. The topological polar surface area (TPSA) is 45.5 Å². The van der Waals surface area contributed by atoms with Crippen LogP contribution in [-0.2, 0) is 7.05 Å². The van der Waals surface area contributed by atoms with E-state index in [1.807, 2.05) is 35.7 Å².